The molecule has 1 aromatic rings. The van der Waals surface area contributed by atoms with Gasteiger partial charge in [-0.1, -0.05) is 36.8 Å². The molecule has 2 unspecified atom stereocenters. The first-order valence-electron chi connectivity index (χ1n) is 7.12. The number of nitrogens with two attached hydrogens (primary N) is 1. The van der Waals surface area contributed by atoms with Crippen LogP contribution in [0.5, 0.6) is 0 Å². The fourth-order valence-corrected chi connectivity index (χ4v) is 2.80. The minimum absolute atomic E-state index is 0.0757. The van der Waals surface area contributed by atoms with E-state index in [1.165, 1.54) is 0 Å². The fourth-order valence-electron chi connectivity index (χ4n) is 2.80. The molecule has 2 rings (SSSR count). The van der Waals surface area contributed by atoms with Crippen molar-refractivity contribution in [3.05, 3.63) is 35.9 Å². The Kier molecular flexibility index (Phi) is 4.25. The summed E-state index contributed by atoms with van der Waals surface area (Å²) in [7, 11) is 0. The van der Waals surface area contributed by atoms with Crippen molar-refractivity contribution in [2.75, 3.05) is 0 Å². The SMILES string of the molecule is CC(C)(NC(=O)C1CCCC(N)C1)c1ccccc1. The van der Waals surface area contributed by atoms with Crippen molar-refractivity contribution >= 4 is 5.91 Å². The maximum absolute atomic E-state index is 12.4. The Labute approximate surface area is 115 Å². The number of carbonyl (C=O) groups is 1. The molecule has 0 aliphatic heterocycles. The van der Waals surface area contributed by atoms with Crippen LogP contribution in [-0.4, -0.2) is 11.9 Å². The summed E-state index contributed by atoms with van der Waals surface area (Å²) >= 11 is 0. The normalized spacial score (nSPS) is 23.9. The number of rotatable bonds is 3. The molecule has 3 nitrogen and oxygen atoms in total. The molecular weight excluding hydrogens is 236 g/mol. The van der Waals surface area contributed by atoms with Gasteiger partial charge in [0, 0.05) is 12.0 Å². The molecule has 0 radical (unpaired) electrons. The predicted octanol–water partition coefficient (Wildman–Crippen LogP) is 2.56. The van der Waals surface area contributed by atoms with E-state index in [-0.39, 0.29) is 23.4 Å². The standard InChI is InChI=1S/C16H24N2O/c1-16(2,13-8-4-3-5-9-13)18-15(19)12-7-6-10-14(17)11-12/h3-5,8-9,12,14H,6-7,10-11,17H2,1-2H3,(H,18,19). The number of benzene rings is 1. The number of carbonyl (C=O) groups excluding carboxylic acids is 1. The average molecular weight is 260 g/mol. The predicted molar refractivity (Wildman–Crippen MR) is 77.5 cm³/mol. The van der Waals surface area contributed by atoms with Gasteiger partial charge in [-0.05, 0) is 38.7 Å². The Morgan fingerprint density at radius 3 is 2.58 bits per heavy atom. The lowest BCUT2D eigenvalue weighted by Crippen LogP contribution is -2.46. The average Bonchev–Trinajstić information content (AvgIpc) is 2.39. The van der Waals surface area contributed by atoms with E-state index in [4.69, 9.17) is 5.73 Å². The van der Waals surface area contributed by atoms with Crippen molar-refractivity contribution in [3.63, 3.8) is 0 Å². The summed E-state index contributed by atoms with van der Waals surface area (Å²) in [4.78, 5) is 12.4. The molecule has 1 saturated carbocycles. The molecule has 3 N–H and O–H groups in total. The third-order valence-corrected chi connectivity index (χ3v) is 4.02. The topological polar surface area (TPSA) is 55.1 Å². The summed E-state index contributed by atoms with van der Waals surface area (Å²) in [6.45, 7) is 4.09. The Hall–Kier alpha value is -1.35. The quantitative estimate of drug-likeness (QED) is 0.877. The van der Waals surface area contributed by atoms with Gasteiger partial charge in [0.05, 0.1) is 5.54 Å². The van der Waals surface area contributed by atoms with E-state index in [2.05, 4.69) is 5.32 Å². The van der Waals surface area contributed by atoms with Crippen LogP contribution in [0.25, 0.3) is 0 Å². The van der Waals surface area contributed by atoms with Crippen LogP contribution < -0.4 is 11.1 Å². The number of hydrogen-bond donors (Lipinski definition) is 2. The second-order valence-electron chi connectivity index (χ2n) is 6.10. The summed E-state index contributed by atoms with van der Waals surface area (Å²) in [6, 6.07) is 10.3. The van der Waals surface area contributed by atoms with Gasteiger partial charge in [-0.25, -0.2) is 0 Å². The van der Waals surface area contributed by atoms with Crippen molar-refractivity contribution in [3.8, 4) is 0 Å². The number of amides is 1. The van der Waals surface area contributed by atoms with Crippen molar-refractivity contribution < 1.29 is 4.79 Å². The lowest BCUT2D eigenvalue weighted by molar-refractivity contribution is -0.127. The molecule has 0 bridgehead atoms. The molecule has 2 atom stereocenters. The smallest absolute Gasteiger partial charge is 0.223 e. The van der Waals surface area contributed by atoms with Crippen LogP contribution in [0.4, 0.5) is 0 Å². The van der Waals surface area contributed by atoms with Crippen molar-refractivity contribution in [2.45, 2.75) is 51.1 Å². The summed E-state index contributed by atoms with van der Waals surface area (Å²) < 4.78 is 0. The highest BCUT2D eigenvalue weighted by Crippen LogP contribution is 2.26. The van der Waals surface area contributed by atoms with E-state index in [0.717, 1.165) is 31.2 Å². The highest BCUT2D eigenvalue weighted by atomic mass is 16.2. The van der Waals surface area contributed by atoms with Gasteiger partial charge in [-0.3, -0.25) is 4.79 Å². The third-order valence-electron chi connectivity index (χ3n) is 4.02. The molecular formula is C16H24N2O. The van der Waals surface area contributed by atoms with E-state index in [9.17, 15) is 4.79 Å². The summed E-state index contributed by atoms with van der Waals surface area (Å²) in [5.41, 5.74) is 6.75. The fraction of sp³-hybridized carbons (Fsp3) is 0.562. The monoisotopic (exact) mass is 260 g/mol. The Morgan fingerprint density at radius 1 is 1.26 bits per heavy atom. The third kappa shape index (κ3) is 3.57. The second kappa shape index (κ2) is 5.74. The lowest BCUT2D eigenvalue weighted by Gasteiger charge is -2.32. The Bertz CT molecular complexity index is 428. The number of hydrogen-bond acceptors (Lipinski definition) is 2. The van der Waals surface area contributed by atoms with Crippen LogP contribution in [0.3, 0.4) is 0 Å². The molecule has 1 fully saturated rings. The van der Waals surface area contributed by atoms with Gasteiger partial charge in [0.15, 0.2) is 0 Å². The van der Waals surface area contributed by atoms with Crippen LogP contribution in [-0.2, 0) is 10.3 Å². The lowest BCUT2D eigenvalue weighted by atomic mass is 9.84. The van der Waals surface area contributed by atoms with E-state index in [0.29, 0.717) is 0 Å². The van der Waals surface area contributed by atoms with Gasteiger partial charge >= 0.3 is 0 Å². The molecule has 104 valence electrons. The van der Waals surface area contributed by atoms with Crippen LogP contribution in [0.15, 0.2) is 30.3 Å². The van der Waals surface area contributed by atoms with Gasteiger partial charge in [0.1, 0.15) is 0 Å². The van der Waals surface area contributed by atoms with Gasteiger partial charge in [0.25, 0.3) is 0 Å². The molecule has 1 aromatic carbocycles. The first kappa shape index (κ1) is 14.1. The highest BCUT2D eigenvalue weighted by molar-refractivity contribution is 5.79. The minimum atomic E-state index is -0.333. The van der Waals surface area contributed by atoms with Crippen molar-refractivity contribution in [2.24, 2.45) is 11.7 Å². The maximum atomic E-state index is 12.4. The summed E-state index contributed by atoms with van der Waals surface area (Å²) in [5, 5.41) is 3.17. The van der Waals surface area contributed by atoms with E-state index >= 15 is 0 Å². The molecule has 0 heterocycles. The van der Waals surface area contributed by atoms with Crippen molar-refractivity contribution in [1.29, 1.82) is 0 Å². The Morgan fingerprint density at radius 2 is 1.95 bits per heavy atom. The highest BCUT2D eigenvalue weighted by Gasteiger charge is 2.30. The molecule has 3 heteroatoms. The number of nitrogens with one attached hydrogen (secondary N) is 1. The molecule has 1 aliphatic carbocycles. The van der Waals surface area contributed by atoms with Crippen LogP contribution in [0, 0.1) is 5.92 Å². The van der Waals surface area contributed by atoms with E-state index in [1.54, 1.807) is 0 Å². The van der Waals surface area contributed by atoms with Crippen molar-refractivity contribution in [1.82, 2.24) is 5.32 Å². The molecule has 1 amide bonds. The zero-order chi connectivity index (χ0) is 13.9. The van der Waals surface area contributed by atoms with Crippen LogP contribution >= 0.6 is 0 Å². The maximum Gasteiger partial charge on any atom is 0.223 e. The molecule has 0 aromatic heterocycles. The largest absolute Gasteiger partial charge is 0.347 e. The molecule has 19 heavy (non-hydrogen) atoms. The molecule has 0 saturated heterocycles. The summed E-state index contributed by atoms with van der Waals surface area (Å²) in [5.74, 6) is 0.218. The first-order valence-corrected chi connectivity index (χ1v) is 7.12. The summed E-state index contributed by atoms with van der Waals surface area (Å²) in [6.07, 6.45) is 3.89. The second-order valence-corrected chi connectivity index (χ2v) is 6.10. The Balaban J connectivity index is 2.01. The van der Waals surface area contributed by atoms with Gasteiger partial charge in [-0.15, -0.1) is 0 Å². The minimum Gasteiger partial charge on any atom is -0.347 e. The van der Waals surface area contributed by atoms with E-state index in [1.807, 2.05) is 44.2 Å². The zero-order valence-electron chi connectivity index (χ0n) is 11.9. The van der Waals surface area contributed by atoms with Crippen LogP contribution in [0.1, 0.15) is 45.1 Å². The van der Waals surface area contributed by atoms with E-state index < -0.39 is 0 Å². The van der Waals surface area contributed by atoms with Gasteiger partial charge < -0.3 is 11.1 Å². The van der Waals surface area contributed by atoms with Gasteiger partial charge in [-0.2, -0.15) is 0 Å². The van der Waals surface area contributed by atoms with Gasteiger partial charge in [0.2, 0.25) is 5.91 Å². The zero-order valence-corrected chi connectivity index (χ0v) is 11.9. The molecule has 1 aliphatic rings. The first-order chi connectivity index (χ1) is 8.99. The van der Waals surface area contributed by atoms with Crippen LogP contribution in [0.2, 0.25) is 0 Å². The molecule has 0 spiro atoms.